The Morgan fingerprint density at radius 3 is 2.15 bits per heavy atom. The van der Waals surface area contributed by atoms with Crippen LogP contribution in [0.1, 0.15) is 27.2 Å². The van der Waals surface area contributed by atoms with E-state index in [1.165, 1.54) is 0 Å². The maximum atomic E-state index is 11.8. The molecular weight excluding hydrogens is 262 g/mol. The number of aliphatic hydroxyl groups excluding tert-OH is 1. The number of carboxylic acids is 1. The highest BCUT2D eigenvalue weighted by Crippen LogP contribution is 1.96. The first-order chi connectivity index (χ1) is 9.46. The number of rotatable bonds is 10. The summed E-state index contributed by atoms with van der Waals surface area (Å²) >= 11 is 0. The molecule has 118 valence electrons. The molecule has 0 aromatic carbocycles. The van der Waals surface area contributed by atoms with Crippen molar-refractivity contribution in [2.24, 2.45) is 0 Å². The van der Waals surface area contributed by atoms with Crippen LogP contribution in [0.3, 0.4) is 0 Å². The van der Waals surface area contributed by atoms with Crippen LogP contribution in [0.5, 0.6) is 0 Å². The largest absolute Gasteiger partial charge is 0.479 e. The second kappa shape index (κ2) is 10.4. The number of nitrogens with one attached hydrogen (secondary N) is 1. The molecule has 0 spiro atoms. The number of carboxylic acid groups (broad SMARTS) is 1. The summed E-state index contributed by atoms with van der Waals surface area (Å²) in [4.78, 5) is 26.1. The van der Waals surface area contributed by atoms with Gasteiger partial charge in [0.15, 0.2) is 6.10 Å². The average molecular weight is 289 g/mol. The Balaban J connectivity index is 4.05. The predicted molar refractivity (Wildman–Crippen MR) is 76.7 cm³/mol. The standard InChI is InChI=1S/C13H27N3O4/c1-4-15(5-2)8-7-9-16(6-3)13(20)14-10-11(17)12(18)19/h11,17H,4-10H2,1-3H3,(H,14,20)(H,18,19)/t11-/m0/s1. The van der Waals surface area contributed by atoms with Crippen molar-refractivity contribution in [1.29, 1.82) is 0 Å². The molecule has 0 aliphatic carbocycles. The van der Waals surface area contributed by atoms with E-state index in [1.54, 1.807) is 4.90 Å². The van der Waals surface area contributed by atoms with Crippen molar-refractivity contribution in [3.63, 3.8) is 0 Å². The highest BCUT2D eigenvalue weighted by Gasteiger charge is 2.17. The van der Waals surface area contributed by atoms with Gasteiger partial charge >= 0.3 is 12.0 Å². The Morgan fingerprint density at radius 2 is 1.70 bits per heavy atom. The first-order valence-electron chi connectivity index (χ1n) is 7.12. The molecule has 0 saturated carbocycles. The van der Waals surface area contributed by atoms with Gasteiger partial charge in [-0.15, -0.1) is 0 Å². The third kappa shape index (κ3) is 7.30. The van der Waals surface area contributed by atoms with Crippen molar-refractivity contribution < 1.29 is 19.8 Å². The second-order valence-corrected chi connectivity index (χ2v) is 4.50. The van der Waals surface area contributed by atoms with Crippen LogP contribution in [-0.4, -0.2) is 77.4 Å². The molecule has 2 amide bonds. The maximum Gasteiger partial charge on any atom is 0.334 e. The predicted octanol–water partition coefficient (Wildman–Crippen LogP) is 0.195. The van der Waals surface area contributed by atoms with Gasteiger partial charge in [0.1, 0.15) is 0 Å². The monoisotopic (exact) mass is 289 g/mol. The minimum Gasteiger partial charge on any atom is -0.479 e. The lowest BCUT2D eigenvalue weighted by molar-refractivity contribution is -0.146. The van der Waals surface area contributed by atoms with Gasteiger partial charge in [-0.1, -0.05) is 13.8 Å². The lowest BCUT2D eigenvalue weighted by atomic mass is 10.3. The van der Waals surface area contributed by atoms with E-state index in [4.69, 9.17) is 10.2 Å². The van der Waals surface area contributed by atoms with Gasteiger partial charge in [-0.05, 0) is 33.0 Å². The lowest BCUT2D eigenvalue weighted by Gasteiger charge is -2.24. The van der Waals surface area contributed by atoms with E-state index in [-0.39, 0.29) is 12.6 Å². The number of aliphatic carboxylic acids is 1. The molecule has 7 nitrogen and oxygen atoms in total. The molecule has 0 heterocycles. The maximum absolute atomic E-state index is 11.8. The number of urea groups is 1. The zero-order valence-corrected chi connectivity index (χ0v) is 12.6. The Labute approximate surface area is 120 Å². The lowest BCUT2D eigenvalue weighted by Crippen LogP contribution is -2.45. The Bertz CT molecular complexity index is 295. The van der Waals surface area contributed by atoms with Gasteiger partial charge in [-0.3, -0.25) is 0 Å². The van der Waals surface area contributed by atoms with Crippen molar-refractivity contribution in [1.82, 2.24) is 15.1 Å². The molecule has 0 aromatic rings. The van der Waals surface area contributed by atoms with Crippen LogP contribution in [0.2, 0.25) is 0 Å². The zero-order chi connectivity index (χ0) is 15.5. The van der Waals surface area contributed by atoms with E-state index < -0.39 is 12.1 Å². The SMILES string of the molecule is CCN(CC)CCCN(CC)C(=O)NC[C@H](O)C(=O)O. The van der Waals surface area contributed by atoms with Crippen LogP contribution in [-0.2, 0) is 4.79 Å². The summed E-state index contributed by atoms with van der Waals surface area (Å²) in [6.45, 7) is 9.84. The van der Waals surface area contributed by atoms with E-state index in [9.17, 15) is 9.59 Å². The van der Waals surface area contributed by atoms with Crippen LogP contribution in [0.25, 0.3) is 0 Å². The van der Waals surface area contributed by atoms with Crippen molar-refractivity contribution in [2.45, 2.75) is 33.3 Å². The normalized spacial score (nSPS) is 12.2. The molecule has 3 N–H and O–H groups in total. The van der Waals surface area contributed by atoms with Crippen LogP contribution < -0.4 is 5.32 Å². The van der Waals surface area contributed by atoms with Gasteiger partial charge < -0.3 is 25.3 Å². The number of carbonyl (C=O) groups is 2. The van der Waals surface area contributed by atoms with Crippen LogP contribution in [0.15, 0.2) is 0 Å². The van der Waals surface area contributed by atoms with Crippen molar-refractivity contribution in [2.75, 3.05) is 39.3 Å². The molecule has 0 radical (unpaired) electrons. The molecule has 0 aromatic heterocycles. The topological polar surface area (TPSA) is 93.1 Å². The average Bonchev–Trinajstić information content (AvgIpc) is 2.44. The number of carbonyl (C=O) groups excluding carboxylic acids is 1. The third-order valence-electron chi connectivity index (χ3n) is 3.20. The van der Waals surface area contributed by atoms with E-state index in [0.717, 1.165) is 26.1 Å². The van der Waals surface area contributed by atoms with Gasteiger partial charge in [0.25, 0.3) is 0 Å². The van der Waals surface area contributed by atoms with Gasteiger partial charge in [0.2, 0.25) is 0 Å². The highest BCUT2D eigenvalue weighted by atomic mass is 16.4. The van der Waals surface area contributed by atoms with Gasteiger partial charge in [0, 0.05) is 13.1 Å². The number of aliphatic hydroxyl groups is 1. The van der Waals surface area contributed by atoms with Gasteiger partial charge in [-0.2, -0.15) is 0 Å². The van der Waals surface area contributed by atoms with E-state index in [1.807, 2.05) is 6.92 Å². The van der Waals surface area contributed by atoms with Crippen molar-refractivity contribution >= 4 is 12.0 Å². The molecule has 0 bridgehead atoms. The number of nitrogens with zero attached hydrogens (tertiary/aromatic N) is 2. The van der Waals surface area contributed by atoms with Crippen LogP contribution >= 0.6 is 0 Å². The summed E-state index contributed by atoms with van der Waals surface area (Å²) in [5, 5.41) is 20.1. The van der Waals surface area contributed by atoms with E-state index in [0.29, 0.717) is 13.1 Å². The van der Waals surface area contributed by atoms with Gasteiger partial charge in [0.05, 0.1) is 6.54 Å². The fourth-order valence-electron chi connectivity index (χ4n) is 1.81. The third-order valence-corrected chi connectivity index (χ3v) is 3.20. The molecule has 0 saturated heterocycles. The summed E-state index contributed by atoms with van der Waals surface area (Å²) in [6, 6.07) is -0.340. The minimum atomic E-state index is -1.56. The fraction of sp³-hybridized carbons (Fsp3) is 0.846. The first kappa shape index (κ1) is 18.7. The van der Waals surface area contributed by atoms with Crippen LogP contribution in [0.4, 0.5) is 4.79 Å². The molecule has 0 aliphatic heterocycles. The molecule has 7 heteroatoms. The Morgan fingerprint density at radius 1 is 1.10 bits per heavy atom. The van der Waals surface area contributed by atoms with E-state index in [2.05, 4.69) is 24.1 Å². The molecule has 0 rings (SSSR count). The smallest absolute Gasteiger partial charge is 0.334 e. The van der Waals surface area contributed by atoms with Crippen molar-refractivity contribution in [3.05, 3.63) is 0 Å². The summed E-state index contributed by atoms with van der Waals surface area (Å²) in [6.07, 6.45) is -0.696. The van der Waals surface area contributed by atoms with Crippen LogP contribution in [0, 0.1) is 0 Å². The van der Waals surface area contributed by atoms with Crippen molar-refractivity contribution in [3.8, 4) is 0 Å². The summed E-state index contributed by atoms with van der Waals surface area (Å²) in [5.74, 6) is -1.34. The molecule has 0 aliphatic rings. The number of hydrogen-bond donors (Lipinski definition) is 3. The van der Waals surface area contributed by atoms with E-state index >= 15 is 0 Å². The summed E-state index contributed by atoms with van der Waals surface area (Å²) in [7, 11) is 0. The van der Waals surface area contributed by atoms with Gasteiger partial charge in [-0.25, -0.2) is 9.59 Å². The minimum absolute atomic E-state index is 0.277. The Kier molecular flexibility index (Phi) is 9.75. The molecule has 20 heavy (non-hydrogen) atoms. The Hall–Kier alpha value is -1.34. The summed E-state index contributed by atoms with van der Waals surface area (Å²) in [5.41, 5.74) is 0. The fourth-order valence-corrected chi connectivity index (χ4v) is 1.81. The second-order valence-electron chi connectivity index (χ2n) is 4.50. The first-order valence-corrected chi connectivity index (χ1v) is 7.12. The quantitative estimate of drug-likeness (QED) is 0.534. The summed E-state index contributed by atoms with van der Waals surface area (Å²) < 4.78 is 0. The molecule has 1 atom stereocenters. The number of hydrogen-bond acceptors (Lipinski definition) is 4. The molecule has 0 fully saturated rings. The molecule has 0 unspecified atom stereocenters. The zero-order valence-electron chi connectivity index (χ0n) is 12.6. The molecular formula is C13H27N3O4. The highest BCUT2D eigenvalue weighted by molar-refractivity contribution is 5.76. The number of amides is 2.